The molecule has 1 unspecified atom stereocenters. The highest BCUT2D eigenvalue weighted by molar-refractivity contribution is 5.68. The number of carboxylic acid groups (broad SMARTS) is 1. The van der Waals surface area contributed by atoms with Crippen LogP contribution in [0.25, 0.3) is 0 Å². The van der Waals surface area contributed by atoms with E-state index >= 15 is 0 Å². The van der Waals surface area contributed by atoms with Crippen molar-refractivity contribution in [1.82, 2.24) is 9.78 Å². The van der Waals surface area contributed by atoms with Crippen molar-refractivity contribution >= 4 is 5.97 Å². The molecule has 1 aliphatic carbocycles. The topological polar surface area (TPSA) is 55.1 Å². The van der Waals surface area contributed by atoms with E-state index in [1.54, 1.807) is 0 Å². The van der Waals surface area contributed by atoms with Crippen LogP contribution < -0.4 is 0 Å². The SMILES string of the molecule is CC(C)n1ncc2c1C(CC(=O)O)CCC2. The number of fused-ring (bicyclic) bond motifs is 1. The molecular formula is C12H18N2O2. The molecule has 1 heterocycles. The van der Waals surface area contributed by atoms with Crippen LogP contribution in [0.5, 0.6) is 0 Å². The van der Waals surface area contributed by atoms with E-state index in [9.17, 15) is 4.79 Å². The summed E-state index contributed by atoms with van der Waals surface area (Å²) in [5.41, 5.74) is 2.40. The van der Waals surface area contributed by atoms with Gasteiger partial charge >= 0.3 is 5.97 Å². The van der Waals surface area contributed by atoms with Gasteiger partial charge in [0, 0.05) is 17.7 Å². The fraction of sp³-hybridized carbons (Fsp3) is 0.667. The molecule has 16 heavy (non-hydrogen) atoms. The van der Waals surface area contributed by atoms with Crippen LogP contribution >= 0.6 is 0 Å². The number of aromatic nitrogens is 2. The van der Waals surface area contributed by atoms with Gasteiger partial charge in [0.2, 0.25) is 0 Å². The molecule has 0 saturated heterocycles. The number of nitrogens with zero attached hydrogens (tertiary/aromatic N) is 2. The van der Waals surface area contributed by atoms with Crippen molar-refractivity contribution in [1.29, 1.82) is 0 Å². The Labute approximate surface area is 95.3 Å². The van der Waals surface area contributed by atoms with Crippen LogP contribution in [0.1, 0.15) is 56.3 Å². The number of aliphatic carboxylic acids is 1. The molecule has 0 fully saturated rings. The summed E-state index contributed by atoms with van der Waals surface area (Å²) in [6.07, 6.45) is 5.22. The van der Waals surface area contributed by atoms with E-state index in [1.165, 1.54) is 5.56 Å². The highest BCUT2D eigenvalue weighted by atomic mass is 16.4. The number of rotatable bonds is 3. The number of carbonyl (C=O) groups is 1. The Bertz CT molecular complexity index is 396. The van der Waals surface area contributed by atoms with E-state index in [4.69, 9.17) is 5.11 Å². The molecule has 0 bridgehead atoms. The monoisotopic (exact) mass is 222 g/mol. The van der Waals surface area contributed by atoms with Gasteiger partial charge < -0.3 is 5.11 Å². The summed E-state index contributed by atoms with van der Waals surface area (Å²) in [4.78, 5) is 10.9. The van der Waals surface area contributed by atoms with E-state index in [0.717, 1.165) is 25.0 Å². The quantitative estimate of drug-likeness (QED) is 0.854. The van der Waals surface area contributed by atoms with Gasteiger partial charge in [-0.1, -0.05) is 0 Å². The van der Waals surface area contributed by atoms with E-state index in [0.29, 0.717) is 6.04 Å². The molecule has 1 aliphatic rings. The van der Waals surface area contributed by atoms with Crippen LogP contribution in [0.2, 0.25) is 0 Å². The molecule has 0 amide bonds. The standard InChI is InChI=1S/C12H18N2O2/c1-8(2)14-12-9(6-11(15)16)4-3-5-10(12)7-13-14/h7-9H,3-6H2,1-2H3,(H,15,16). The highest BCUT2D eigenvalue weighted by Crippen LogP contribution is 2.35. The lowest BCUT2D eigenvalue weighted by atomic mass is 9.85. The minimum atomic E-state index is -0.714. The van der Waals surface area contributed by atoms with Crippen LogP contribution in [0.4, 0.5) is 0 Å². The predicted molar refractivity (Wildman–Crippen MR) is 60.5 cm³/mol. The van der Waals surface area contributed by atoms with Gasteiger partial charge in [-0.25, -0.2) is 0 Å². The number of hydrogen-bond donors (Lipinski definition) is 1. The molecule has 1 aromatic rings. The third-order valence-corrected chi connectivity index (χ3v) is 3.21. The molecule has 2 rings (SSSR count). The molecule has 88 valence electrons. The second kappa shape index (κ2) is 4.28. The fourth-order valence-corrected chi connectivity index (χ4v) is 2.55. The summed E-state index contributed by atoms with van der Waals surface area (Å²) < 4.78 is 1.99. The summed E-state index contributed by atoms with van der Waals surface area (Å²) in [7, 11) is 0. The Morgan fingerprint density at radius 1 is 1.69 bits per heavy atom. The van der Waals surface area contributed by atoms with Crippen LogP contribution in [-0.4, -0.2) is 20.9 Å². The zero-order valence-corrected chi connectivity index (χ0v) is 9.81. The maximum absolute atomic E-state index is 10.9. The summed E-state index contributed by atoms with van der Waals surface area (Å²) in [6, 6.07) is 0.304. The Morgan fingerprint density at radius 2 is 2.44 bits per heavy atom. The highest BCUT2D eigenvalue weighted by Gasteiger charge is 2.27. The first kappa shape index (κ1) is 11.2. The number of carboxylic acids is 1. The summed E-state index contributed by atoms with van der Waals surface area (Å²) in [6.45, 7) is 4.17. The van der Waals surface area contributed by atoms with Gasteiger partial charge in [0.05, 0.1) is 12.6 Å². The first-order valence-electron chi connectivity index (χ1n) is 5.87. The summed E-state index contributed by atoms with van der Waals surface area (Å²) in [5.74, 6) is -0.569. The molecule has 4 nitrogen and oxygen atoms in total. The van der Waals surface area contributed by atoms with Crippen molar-refractivity contribution in [2.45, 2.75) is 51.5 Å². The average molecular weight is 222 g/mol. The minimum Gasteiger partial charge on any atom is -0.481 e. The normalized spacial score (nSPS) is 19.8. The van der Waals surface area contributed by atoms with Crippen molar-refractivity contribution < 1.29 is 9.90 Å². The maximum atomic E-state index is 10.9. The van der Waals surface area contributed by atoms with Gasteiger partial charge in [-0.2, -0.15) is 5.10 Å². The van der Waals surface area contributed by atoms with Gasteiger partial charge in [0.15, 0.2) is 0 Å². The Kier molecular flexibility index (Phi) is 2.99. The molecule has 1 N–H and O–H groups in total. The van der Waals surface area contributed by atoms with Crippen molar-refractivity contribution in [3.05, 3.63) is 17.5 Å². The molecular weight excluding hydrogens is 204 g/mol. The van der Waals surface area contributed by atoms with Crippen molar-refractivity contribution in [3.8, 4) is 0 Å². The predicted octanol–water partition coefficient (Wildman–Crippen LogP) is 2.36. The minimum absolute atomic E-state index is 0.145. The van der Waals surface area contributed by atoms with Gasteiger partial charge in [-0.15, -0.1) is 0 Å². The molecule has 1 aromatic heterocycles. The van der Waals surface area contributed by atoms with E-state index < -0.39 is 5.97 Å². The lowest BCUT2D eigenvalue weighted by Crippen LogP contribution is -2.18. The number of aryl methyl sites for hydroxylation is 1. The first-order chi connectivity index (χ1) is 7.59. The van der Waals surface area contributed by atoms with Crippen LogP contribution in [0.15, 0.2) is 6.20 Å². The average Bonchev–Trinajstić information content (AvgIpc) is 2.61. The molecule has 1 atom stereocenters. The van der Waals surface area contributed by atoms with Crippen LogP contribution in [-0.2, 0) is 11.2 Å². The second-order valence-electron chi connectivity index (χ2n) is 4.78. The third kappa shape index (κ3) is 1.96. The Hall–Kier alpha value is -1.32. The van der Waals surface area contributed by atoms with Crippen LogP contribution in [0, 0.1) is 0 Å². The van der Waals surface area contributed by atoms with Crippen molar-refractivity contribution in [2.75, 3.05) is 0 Å². The van der Waals surface area contributed by atoms with Crippen molar-refractivity contribution in [2.24, 2.45) is 0 Å². The lowest BCUT2D eigenvalue weighted by molar-refractivity contribution is -0.137. The third-order valence-electron chi connectivity index (χ3n) is 3.21. The molecule has 0 aromatic carbocycles. The van der Waals surface area contributed by atoms with E-state index in [-0.39, 0.29) is 12.3 Å². The zero-order chi connectivity index (χ0) is 11.7. The summed E-state index contributed by atoms with van der Waals surface area (Å²) in [5, 5.41) is 13.3. The molecule has 0 spiro atoms. The van der Waals surface area contributed by atoms with Gasteiger partial charge in [0.1, 0.15) is 0 Å². The van der Waals surface area contributed by atoms with E-state index in [1.807, 2.05) is 10.9 Å². The smallest absolute Gasteiger partial charge is 0.304 e. The Morgan fingerprint density at radius 3 is 3.06 bits per heavy atom. The van der Waals surface area contributed by atoms with Gasteiger partial charge in [-0.3, -0.25) is 9.48 Å². The largest absolute Gasteiger partial charge is 0.481 e. The zero-order valence-electron chi connectivity index (χ0n) is 9.81. The van der Waals surface area contributed by atoms with E-state index in [2.05, 4.69) is 18.9 Å². The van der Waals surface area contributed by atoms with Gasteiger partial charge in [-0.05, 0) is 38.7 Å². The van der Waals surface area contributed by atoms with Crippen molar-refractivity contribution in [3.63, 3.8) is 0 Å². The van der Waals surface area contributed by atoms with Gasteiger partial charge in [0.25, 0.3) is 0 Å². The molecule has 4 heteroatoms. The maximum Gasteiger partial charge on any atom is 0.304 e. The second-order valence-corrected chi connectivity index (χ2v) is 4.78. The fourth-order valence-electron chi connectivity index (χ4n) is 2.55. The molecule has 0 radical (unpaired) electrons. The summed E-state index contributed by atoms with van der Waals surface area (Å²) >= 11 is 0. The molecule has 0 aliphatic heterocycles. The lowest BCUT2D eigenvalue weighted by Gasteiger charge is -2.24. The first-order valence-corrected chi connectivity index (χ1v) is 5.87. The Balaban J connectivity index is 2.34. The molecule has 0 saturated carbocycles. The number of hydrogen-bond acceptors (Lipinski definition) is 2. The van der Waals surface area contributed by atoms with Crippen LogP contribution in [0.3, 0.4) is 0 Å².